The summed E-state index contributed by atoms with van der Waals surface area (Å²) in [5.41, 5.74) is 1.59. The second-order valence-electron chi connectivity index (χ2n) is 8.71. The van der Waals surface area contributed by atoms with Crippen molar-refractivity contribution >= 4 is 17.3 Å². The van der Waals surface area contributed by atoms with Crippen molar-refractivity contribution < 1.29 is 19.5 Å². The van der Waals surface area contributed by atoms with E-state index in [-0.39, 0.29) is 46.8 Å². The van der Waals surface area contributed by atoms with Crippen molar-refractivity contribution in [2.24, 2.45) is 23.7 Å². The summed E-state index contributed by atoms with van der Waals surface area (Å²) in [5.74, 6) is -0.00807. The summed E-state index contributed by atoms with van der Waals surface area (Å²) in [5, 5.41) is 10.4. The van der Waals surface area contributed by atoms with E-state index in [9.17, 15) is 19.5 Å². The zero-order valence-electron chi connectivity index (χ0n) is 16.4. The van der Waals surface area contributed by atoms with Gasteiger partial charge in [0.1, 0.15) is 5.76 Å². The molecule has 0 saturated heterocycles. The molecule has 1 N–H and O–H groups in total. The van der Waals surface area contributed by atoms with Crippen LogP contribution in [0.1, 0.15) is 58.3 Å². The smallest absolute Gasteiger partial charge is 0.170 e. The third kappa shape index (κ3) is 3.23. The lowest BCUT2D eigenvalue weighted by Crippen LogP contribution is -2.21. The molecule has 4 aliphatic carbocycles. The molecule has 0 spiro atoms. The zero-order valence-corrected chi connectivity index (χ0v) is 16.4. The highest BCUT2D eigenvalue weighted by Gasteiger charge is 2.46. The van der Waals surface area contributed by atoms with Gasteiger partial charge in [0.25, 0.3) is 0 Å². The summed E-state index contributed by atoms with van der Waals surface area (Å²) in [6, 6.07) is 0. The summed E-state index contributed by atoms with van der Waals surface area (Å²) >= 11 is 0. The number of carbonyl (C=O) groups excluding carboxylic acids is 3. The van der Waals surface area contributed by atoms with Gasteiger partial charge in [0.05, 0.1) is 11.1 Å². The molecule has 0 aromatic carbocycles. The van der Waals surface area contributed by atoms with Gasteiger partial charge in [-0.05, 0) is 44.8 Å². The topological polar surface area (TPSA) is 71.4 Å². The Labute approximate surface area is 166 Å². The number of hydrogen-bond donors (Lipinski definition) is 1. The first-order valence-corrected chi connectivity index (χ1v) is 10.6. The van der Waals surface area contributed by atoms with E-state index in [1.165, 1.54) is 0 Å². The lowest BCUT2D eigenvalue weighted by Gasteiger charge is -2.23. The molecule has 148 valence electrons. The van der Waals surface area contributed by atoms with Gasteiger partial charge in [-0.25, -0.2) is 0 Å². The van der Waals surface area contributed by atoms with E-state index in [2.05, 4.69) is 0 Å². The molecule has 4 rings (SSSR count). The molecule has 0 aromatic heterocycles. The normalized spacial score (nSPS) is 33.7. The van der Waals surface area contributed by atoms with Crippen molar-refractivity contribution in [1.29, 1.82) is 0 Å². The summed E-state index contributed by atoms with van der Waals surface area (Å²) in [6.45, 7) is 1.87. The largest absolute Gasteiger partial charge is 0.511 e. The van der Waals surface area contributed by atoms with Gasteiger partial charge in [-0.1, -0.05) is 43.4 Å². The number of allylic oxidation sites excluding steroid dienone is 8. The molecular weight excluding hydrogens is 352 g/mol. The summed E-state index contributed by atoms with van der Waals surface area (Å²) < 4.78 is 0. The fourth-order valence-electron chi connectivity index (χ4n) is 5.39. The molecule has 28 heavy (non-hydrogen) atoms. The Hall–Kier alpha value is -2.23. The lowest BCUT2D eigenvalue weighted by molar-refractivity contribution is -0.120. The Bertz CT molecular complexity index is 813. The van der Waals surface area contributed by atoms with Crippen LogP contribution in [0.4, 0.5) is 0 Å². The molecular formula is C24H28O4. The van der Waals surface area contributed by atoms with E-state index >= 15 is 0 Å². The Kier molecular flexibility index (Phi) is 5.22. The van der Waals surface area contributed by atoms with E-state index < -0.39 is 0 Å². The molecule has 0 aliphatic heterocycles. The highest BCUT2D eigenvalue weighted by Crippen LogP contribution is 2.43. The average molecular weight is 380 g/mol. The van der Waals surface area contributed by atoms with Crippen LogP contribution in [-0.2, 0) is 14.4 Å². The van der Waals surface area contributed by atoms with E-state index in [0.29, 0.717) is 11.1 Å². The standard InChI is InChI=1S/C24H28O4/c1-14(10-12-19-21(25)15-6-2-3-7-16(15)22(19)26)11-13-20-23(27)17-8-4-5-9-18(17)24(20)28/h10-13,15-18,25H,2-9H2,1H3. The van der Waals surface area contributed by atoms with E-state index in [1.807, 2.05) is 6.92 Å². The SMILES string of the molecule is CC(C=CC1=C(O)C2CCCCC2C1=O)=CC=C1C(=O)C2CCCCC2C1=O. The van der Waals surface area contributed by atoms with Gasteiger partial charge in [-0.3, -0.25) is 14.4 Å². The Balaban J connectivity index is 1.50. The van der Waals surface area contributed by atoms with Crippen molar-refractivity contribution in [1.82, 2.24) is 0 Å². The molecule has 0 bridgehead atoms. The summed E-state index contributed by atoms with van der Waals surface area (Å²) in [4.78, 5) is 37.6. The molecule has 0 aromatic rings. The number of ketones is 3. The zero-order chi connectivity index (χ0) is 19.8. The number of aliphatic hydroxyl groups excluding tert-OH is 1. The van der Waals surface area contributed by atoms with Crippen LogP contribution in [0, 0.1) is 23.7 Å². The van der Waals surface area contributed by atoms with E-state index in [1.54, 1.807) is 24.3 Å². The lowest BCUT2D eigenvalue weighted by atomic mass is 9.80. The van der Waals surface area contributed by atoms with Gasteiger partial charge in [0, 0.05) is 23.7 Å². The first-order chi connectivity index (χ1) is 13.5. The van der Waals surface area contributed by atoms with E-state index in [4.69, 9.17) is 0 Å². The van der Waals surface area contributed by atoms with Crippen LogP contribution in [0.2, 0.25) is 0 Å². The quantitative estimate of drug-likeness (QED) is 0.442. The monoisotopic (exact) mass is 380 g/mol. The van der Waals surface area contributed by atoms with Crippen LogP contribution in [0.15, 0.2) is 46.8 Å². The molecule has 4 heteroatoms. The van der Waals surface area contributed by atoms with Crippen LogP contribution < -0.4 is 0 Å². The molecule has 3 saturated carbocycles. The van der Waals surface area contributed by atoms with Gasteiger partial charge < -0.3 is 5.11 Å². The van der Waals surface area contributed by atoms with Gasteiger partial charge >= 0.3 is 0 Å². The van der Waals surface area contributed by atoms with Gasteiger partial charge in [0.2, 0.25) is 0 Å². The Morgan fingerprint density at radius 2 is 1.32 bits per heavy atom. The second kappa shape index (κ2) is 7.65. The van der Waals surface area contributed by atoms with Crippen LogP contribution in [0.3, 0.4) is 0 Å². The molecule has 0 heterocycles. The van der Waals surface area contributed by atoms with Crippen LogP contribution >= 0.6 is 0 Å². The van der Waals surface area contributed by atoms with Crippen molar-refractivity contribution in [3.63, 3.8) is 0 Å². The maximum Gasteiger partial charge on any atom is 0.170 e. The predicted molar refractivity (Wildman–Crippen MR) is 107 cm³/mol. The minimum Gasteiger partial charge on any atom is -0.511 e. The fraction of sp³-hybridized carbons (Fsp3) is 0.542. The highest BCUT2D eigenvalue weighted by molar-refractivity contribution is 6.27. The van der Waals surface area contributed by atoms with Crippen molar-refractivity contribution in [3.8, 4) is 0 Å². The number of aliphatic hydroxyl groups is 1. The molecule has 4 atom stereocenters. The number of carbonyl (C=O) groups is 3. The third-order valence-electron chi connectivity index (χ3n) is 6.99. The van der Waals surface area contributed by atoms with Crippen LogP contribution in [-0.4, -0.2) is 22.5 Å². The Morgan fingerprint density at radius 3 is 1.86 bits per heavy atom. The summed E-state index contributed by atoms with van der Waals surface area (Å²) in [6.07, 6.45) is 14.5. The van der Waals surface area contributed by atoms with Gasteiger partial charge in [-0.2, -0.15) is 0 Å². The van der Waals surface area contributed by atoms with Crippen molar-refractivity contribution in [2.75, 3.05) is 0 Å². The first-order valence-electron chi connectivity index (χ1n) is 10.6. The Morgan fingerprint density at radius 1 is 0.821 bits per heavy atom. The molecule has 4 aliphatic rings. The number of hydrogen-bond acceptors (Lipinski definition) is 4. The minimum absolute atomic E-state index is 0.00173. The number of rotatable bonds is 3. The molecule has 0 amide bonds. The van der Waals surface area contributed by atoms with Gasteiger partial charge in [0.15, 0.2) is 17.3 Å². The minimum atomic E-state index is -0.113. The average Bonchev–Trinajstić information content (AvgIpc) is 3.10. The van der Waals surface area contributed by atoms with Crippen molar-refractivity contribution in [3.05, 3.63) is 46.8 Å². The number of fused-ring (bicyclic) bond motifs is 2. The highest BCUT2D eigenvalue weighted by atomic mass is 16.3. The van der Waals surface area contributed by atoms with Crippen molar-refractivity contribution in [2.45, 2.75) is 58.3 Å². The maximum atomic E-state index is 12.6. The predicted octanol–water partition coefficient (Wildman–Crippen LogP) is 4.57. The third-order valence-corrected chi connectivity index (χ3v) is 6.99. The second-order valence-corrected chi connectivity index (χ2v) is 8.71. The first kappa shape index (κ1) is 19.1. The number of Topliss-reactive ketones (excluding diaryl/α,β-unsaturated/α-hetero) is 3. The molecule has 0 radical (unpaired) electrons. The summed E-state index contributed by atoms with van der Waals surface area (Å²) in [7, 11) is 0. The molecule has 3 fully saturated rings. The molecule has 4 unspecified atom stereocenters. The van der Waals surface area contributed by atoms with Crippen LogP contribution in [0.25, 0.3) is 0 Å². The van der Waals surface area contributed by atoms with Crippen LogP contribution in [0.5, 0.6) is 0 Å². The van der Waals surface area contributed by atoms with Gasteiger partial charge in [-0.15, -0.1) is 0 Å². The molecule has 4 nitrogen and oxygen atoms in total. The van der Waals surface area contributed by atoms with E-state index in [0.717, 1.165) is 56.9 Å². The maximum absolute atomic E-state index is 12.6. The fourth-order valence-corrected chi connectivity index (χ4v) is 5.39.